The fourth-order valence-electron chi connectivity index (χ4n) is 1.55. The van der Waals surface area contributed by atoms with Crippen LogP contribution in [0.3, 0.4) is 0 Å². The molecule has 0 aliphatic heterocycles. The average molecular weight is 330 g/mol. The quantitative estimate of drug-likeness (QED) is 0.854. The summed E-state index contributed by atoms with van der Waals surface area (Å²) in [6.45, 7) is 0.0860. The van der Waals surface area contributed by atoms with Gasteiger partial charge in [0.2, 0.25) is 5.91 Å². The van der Waals surface area contributed by atoms with Crippen molar-refractivity contribution in [1.82, 2.24) is 0 Å². The first-order valence-corrected chi connectivity index (χ1v) is 6.92. The van der Waals surface area contributed by atoms with Crippen LogP contribution in [0.1, 0.15) is 0 Å². The summed E-state index contributed by atoms with van der Waals surface area (Å²) in [4.78, 5) is 11.8. The molecule has 2 aromatic rings. The molecule has 0 atom stereocenters. The number of carbonyl (C=O) groups excluding carboxylic acids is 1. The minimum absolute atomic E-state index is 0.0860. The first-order valence-electron chi connectivity index (χ1n) is 5.79. The molecule has 0 fully saturated rings. The number of benzene rings is 2. The SMILES string of the molecule is O=C(CNc1cc(Cl)ccc1Cl)Nc1ccc(Cl)cc1. The van der Waals surface area contributed by atoms with Gasteiger partial charge in [0.15, 0.2) is 0 Å². The number of rotatable bonds is 4. The Hall–Kier alpha value is -1.42. The van der Waals surface area contributed by atoms with Crippen LogP contribution in [0.2, 0.25) is 15.1 Å². The molecule has 0 saturated heterocycles. The van der Waals surface area contributed by atoms with Crippen LogP contribution >= 0.6 is 34.8 Å². The van der Waals surface area contributed by atoms with Gasteiger partial charge in [-0.2, -0.15) is 0 Å². The van der Waals surface area contributed by atoms with Gasteiger partial charge in [0.1, 0.15) is 0 Å². The Bertz CT molecular complexity index is 614. The lowest BCUT2D eigenvalue weighted by atomic mass is 10.3. The van der Waals surface area contributed by atoms with Crippen molar-refractivity contribution >= 4 is 52.1 Å². The summed E-state index contributed by atoms with van der Waals surface area (Å²) < 4.78 is 0. The van der Waals surface area contributed by atoms with Crippen molar-refractivity contribution in [3.63, 3.8) is 0 Å². The predicted octanol–water partition coefficient (Wildman–Crippen LogP) is 4.70. The minimum Gasteiger partial charge on any atom is -0.375 e. The maximum absolute atomic E-state index is 11.8. The number of amides is 1. The van der Waals surface area contributed by atoms with Crippen LogP contribution in [-0.4, -0.2) is 12.5 Å². The average Bonchev–Trinajstić information content (AvgIpc) is 2.42. The Kier molecular flexibility index (Phi) is 5.12. The van der Waals surface area contributed by atoms with Crippen molar-refractivity contribution in [3.8, 4) is 0 Å². The lowest BCUT2D eigenvalue weighted by Crippen LogP contribution is -2.21. The molecule has 104 valence electrons. The topological polar surface area (TPSA) is 41.1 Å². The number of hydrogen-bond acceptors (Lipinski definition) is 2. The zero-order valence-electron chi connectivity index (χ0n) is 10.3. The molecule has 2 rings (SSSR count). The first-order chi connectivity index (χ1) is 9.54. The molecule has 0 heterocycles. The van der Waals surface area contributed by atoms with Crippen LogP contribution in [0, 0.1) is 0 Å². The van der Waals surface area contributed by atoms with Crippen molar-refractivity contribution in [2.75, 3.05) is 17.2 Å². The second kappa shape index (κ2) is 6.84. The van der Waals surface area contributed by atoms with Crippen molar-refractivity contribution in [2.45, 2.75) is 0 Å². The molecular formula is C14H11Cl3N2O. The van der Waals surface area contributed by atoms with E-state index < -0.39 is 0 Å². The molecule has 1 amide bonds. The van der Waals surface area contributed by atoms with E-state index in [0.29, 0.717) is 26.4 Å². The van der Waals surface area contributed by atoms with Crippen LogP contribution in [0.5, 0.6) is 0 Å². The fourth-order valence-corrected chi connectivity index (χ4v) is 2.03. The molecule has 0 unspecified atom stereocenters. The smallest absolute Gasteiger partial charge is 0.243 e. The molecule has 2 aromatic carbocycles. The van der Waals surface area contributed by atoms with Gasteiger partial charge in [-0.25, -0.2) is 0 Å². The van der Waals surface area contributed by atoms with E-state index in [1.807, 2.05) is 0 Å². The molecule has 0 saturated carbocycles. The second-order valence-electron chi connectivity index (χ2n) is 4.03. The van der Waals surface area contributed by atoms with Gasteiger partial charge >= 0.3 is 0 Å². The van der Waals surface area contributed by atoms with E-state index in [9.17, 15) is 4.79 Å². The van der Waals surface area contributed by atoms with Gasteiger partial charge in [-0.3, -0.25) is 4.79 Å². The highest BCUT2D eigenvalue weighted by molar-refractivity contribution is 6.35. The van der Waals surface area contributed by atoms with E-state index in [2.05, 4.69) is 10.6 Å². The normalized spacial score (nSPS) is 10.2. The van der Waals surface area contributed by atoms with Gasteiger partial charge in [-0.1, -0.05) is 34.8 Å². The predicted molar refractivity (Wildman–Crippen MR) is 85.0 cm³/mol. The highest BCUT2D eigenvalue weighted by Gasteiger charge is 2.05. The first kappa shape index (κ1) is 15.0. The fraction of sp³-hybridized carbons (Fsp3) is 0.0714. The van der Waals surface area contributed by atoms with E-state index in [1.165, 1.54) is 0 Å². The van der Waals surface area contributed by atoms with Crippen molar-refractivity contribution < 1.29 is 4.79 Å². The highest BCUT2D eigenvalue weighted by atomic mass is 35.5. The molecule has 0 aliphatic carbocycles. The molecular weight excluding hydrogens is 319 g/mol. The molecule has 0 bridgehead atoms. The zero-order valence-corrected chi connectivity index (χ0v) is 12.6. The van der Waals surface area contributed by atoms with Gasteiger partial charge in [0, 0.05) is 15.7 Å². The molecule has 0 radical (unpaired) electrons. The Morgan fingerprint density at radius 3 is 2.30 bits per heavy atom. The highest BCUT2D eigenvalue weighted by Crippen LogP contribution is 2.25. The summed E-state index contributed by atoms with van der Waals surface area (Å²) in [6, 6.07) is 11.9. The Morgan fingerprint density at radius 2 is 1.60 bits per heavy atom. The van der Waals surface area contributed by atoms with E-state index >= 15 is 0 Å². The summed E-state index contributed by atoms with van der Waals surface area (Å²) >= 11 is 17.6. The molecule has 0 aliphatic rings. The Morgan fingerprint density at radius 1 is 0.950 bits per heavy atom. The Balaban J connectivity index is 1.92. The van der Waals surface area contributed by atoms with E-state index in [1.54, 1.807) is 42.5 Å². The molecule has 6 heteroatoms. The third-order valence-corrected chi connectivity index (χ3v) is 3.31. The zero-order chi connectivity index (χ0) is 14.5. The summed E-state index contributed by atoms with van der Waals surface area (Å²) in [5, 5.41) is 7.34. The largest absolute Gasteiger partial charge is 0.375 e. The maximum atomic E-state index is 11.8. The molecule has 0 spiro atoms. The van der Waals surface area contributed by atoms with Gasteiger partial charge < -0.3 is 10.6 Å². The maximum Gasteiger partial charge on any atom is 0.243 e. The van der Waals surface area contributed by atoms with Gasteiger partial charge in [-0.15, -0.1) is 0 Å². The molecule has 0 aromatic heterocycles. The van der Waals surface area contributed by atoms with Crippen LogP contribution in [0.4, 0.5) is 11.4 Å². The summed E-state index contributed by atoms with van der Waals surface area (Å²) in [5.41, 5.74) is 1.30. The number of anilines is 2. The van der Waals surface area contributed by atoms with Crippen LogP contribution in [0.15, 0.2) is 42.5 Å². The monoisotopic (exact) mass is 328 g/mol. The number of carbonyl (C=O) groups is 1. The number of nitrogens with one attached hydrogen (secondary N) is 2. The summed E-state index contributed by atoms with van der Waals surface area (Å²) in [6.07, 6.45) is 0. The van der Waals surface area contributed by atoms with Crippen molar-refractivity contribution in [1.29, 1.82) is 0 Å². The van der Waals surface area contributed by atoms with E-state index in [0.717, 1.165) is 0 Å². The molecule has 20 heavy (non-hydrogen) atoms. The lowest BCUT2D eigenvalue weighted by Gasteiger charge is -2.09. The van der Waals surface area contributed by atoms with Crippen LogP contribution < -0.4 is 10.6 Å². The number of halogens is 3. The molecule has 3 nitrogen and oxygen atoms in total. The third-order valence-electron chi connectivity index (χ3n) is 2.50. The third kappa shape index (κ3) is 4.30. The Labute approximate surface area is 131 Å². The lowest BCUT2D eigenvalue weighted by molar-refractivity contribution is -0.114. The van der Waals surface area contributed by atoms with Crippen LogP contribution in [-0.2, 0) is 4.79 Å². The minimum atomic E-state index is -0.191. The van der Waals surface area contributed by atoms with Crippen molar-refractivity contribution in [2.24, 2.45) is 0 Å². The second-order valence-corrected chi connectivity index (χ2v) is 5.31. The van der Waals surface area contributed by atoms with Crippen molar-refractivity contribution in [3.05, 3.63) is 57.5 Å². The van der Waals surface area contributed by atoms with Gasteiger partial charge in [0.25, 0.3) is 0 Å². The van der Waals surface area contributed by atoms with Gasteiger partial charge in [-0.05, 0) is 42.5 Å². The van der Waals surface area contributed by atoms with E-state index in [-0.39, 0.29) is 12.5 Å². The number of hydrogen-bond donors (Lipinski definition) is 2. The molecule has 2 N–H and O–H groups in total. The van der Waals surface area contributed by atoms with Gasteiger partial charge in [0.05, 0.1) is 17.3 Å². The standard InChI is InChI=1S/C14H11Cl3N2O/c15-9-1-4-11(5-2-9)19-14(20)8-18-13-7-10(16)3-6-12(13)17/h1-7,18H,8H2,(H,19,20). The summed E-state index contributed by atoms with van der Waals surface area (Å²) in [5.74, 6) is -0.191. The summed E-state index contributed by atoms with van der Waals surface area (Å²) in [7, 11) is 0. The van der Waals surface area contributed by atoms with E-state index in [4.69, 9.17) is 34.8 Å². The van der Waals surface area contributed by atoms with Crippen LogP contribution in [0.25, 0.3) is 0 Å².